The van der Waals surface area contributed by atoms with Crippen molar-refractivity contribution in [2.45, 2.75) is 13.3 Å². The number of allylic oxidation sites excluding steroid dienone is 1. The van der Waals surface area contributed by atoms with Crippen LogP contribution in [-0.4, -0.2) is 28.9 Å². The molecule has 1 N–H and O–H groups in total. The summed E-state index contributed by atoms with van der Waals surface area (Å²) < 4.78 is 27.3. The van der Waals surface area contributed by atoms with Crippen LogP contribution in [0, 0.1) is 5.82 Å². The van der Waals surface area contributed by atoms with Crippen LogP contribution in [0.1, 0.15) is 18.9 Å². The zero-order valence-electron chi connectivity index (χ0n) is 21.6. The average Bonchev–Trinajstić information content (AvgIpc) is 3.29. The SMILES string of the molecule is CC(=C1SC(=O)NC1=O)c1ccc(OCCCOc2c(-c3ccc(F)cc3)n(C)c3ccccc3c2=O)c(Cl)c1. The van der Waals surface area contributed by atoms with Gasteiger partial charge in [0.15, 0.2) is 5.75 Å². The molecule has 3 aromatic carbocycles. The summed E-state index contributed by atoms with van der Waals surface area (Å²) in [6.45, 7) is 2.22. The first-order valence-corrected chi connectivity index (χ1v) is 13.6. The third kappa shape index (κ3) is 5.48. The maximum absolute atomic E-state index is 13.6. The van der Waals surface area contributed by atoms with E-state index in [2.05, 4.69) is 5.32 Å². The Morgan fingerprint density at radius 1 is 1.00 bits per heavy atom. The Hall–Kier alpha value is -4.08. The summed E-state index contributed by atoms with van der Waals surface area (Å²) in [5.41, 5.74) is 3.06. The van der Waals surface area contributed by atoms with Crippen LogP contribution in [-0.2, 0) is 11.8 Å². The third-order valence-corrected chi connectivity index (χ3v) is 7.78. The Bertz CT molecular complexity index is 1730. The Labute approximate surface area is 238 Å². The highest BCUT2D eigenvalue weighted by molar-refractivity contribution is 8.18. The lowest BCUT2D eigenvalue weighted by Crippen LogP contribution is -2.18. The summed E-state index contributed by atoms with van der Waals surface area (Å²) in [5, 5.41) is 2.72. The van der Waals surface area contributed by atoms with E-state index in [4.69, 9.17) is 21.1 Å². The van der Waals surface area contributed by atoms with Gasteiger partial charge in [-0.05, 0) is 78.4 Å². The molecular formula is C30H24ClFN2O5S. The number of aryl methyl sites for hydroxylation is 1. The van der Waals surface area contributed by atoms with Gasteiger partial charge in [-0.1, -0.05) is 29.8 Å². The van der Waals surface area contributed by atoms with Crippen molar-refractivity contribution in [3.8, 4) is 22.8 Å². The number of fused-ring (bicyclic) bond motifs is 1. The van der Waals surface area contributed by atoms with E-state index in [9.17, 15) is 18.8 Å². The summed E-state index contributed by atoms with van der Waals surface area (Å²) in [6, 6.07) is 18.3. The molecule has 2 amide bonds. The van der Waals surface area contributed by atoms with Crippen molar-refractivity contribution in [2.24, 2.45) is 7.05 Å². The van der Waals surface area contributed by atoms with Gasteiger partial charge in [-0.2, -0.15) is 0 Å². The lowest BCUT2D eigenvalue weighted by molar-refractivity contribution is -0.115. The first-order chi connectivity index (χ1) is 19.2. The number of carbonyl (C=O) groups is 2. The number of carbonyl (C=O) groups excluding carboxylic acids is 2. The van der Waals surface area contributed by atoms with Gasteiger partial charge in [0.05, 0.1) is 34.4 Å². The molecular weight excluding hydrogens is 555 g/mol. The van der Waals surface area contributed by atoms with Crippen LogP contribution in [0.2, 0.25) is 5.02 Å². The molecule has 5 rings (SSSR count). The van der Waals surface area contributed by atoms with Crippen molar-refractivity contribution in [3.05, 3.63) is 98.3 Å². The highest BCUT2D eigenvalue weighted by atomic mass is 35.5. The van der Waals surface area contributed by atoms with E-state index in [1.165, 1.54) is 12.1 Å². The summed E-state index contributed by atoms with van der Waals surface area (Å²) in [7, 11) is 1.84. The minimum atomic E-state index is -0.423. The zero-order chi connectivity index (χ0) is 28.4. The zero-order valence-corrected chi connectivity index (χ0v) is 23.2. The number of ether oxygens (including phenoxy) is 2. The molecule has 0 radical (unpaired) electrons. The van der Waals surface area contributed by atoms with Gasteiger partial charge >= 0.3 is 0 Å². The van der Waals surface area contributed by atoms with Crippen molar-refractivity contribution >= 4 is 51.0 Å². The molecule has 0 bridgehead atoms. The molecule has 1 aliphatic heterocycles. The number of hydrogen-bond donors (Lipinski definition) is 1. The number of aromatic nitrogens is 1. The van der Waals surface area contributed by atoms with Crippen molar-refractivity contribution in [2.75, 3.05) is 13.2 Å². The molecule has 7 nitrogen and oxygen atoms in total. The fourth-order valence-electron chi connectivity index (χ4n) is 4.49. The van der Waals surface area contributed by atoms with Gasteiger partial charge in [-0.15, -0.1) is 0 Å². The number of amides is 2. The van der Waals surface area contributed by atoms with Crippen molar-refractivity contribution in [3.63, 3.8) is 0 Å². The average molecular weight is 579 g/mol. The number of benzene rings is 3. The van der Waals surface area contributed by atoms with Gasteiger partial charge in [-0.25, -0.2) is 4.39 Å². The van der Waals surface area contributed by atoms with Crippen LogP contribution in [0.25, 0.3) is 27.7 Å². The molecule has 0 aliphatic carbocycles. The lowest BCUT2D eigenvalue weighted by atomic mass is 10.1. The largest absolute Gasteiger partial charge is 0.492 e. The highest BCUT2D eigenvalue weighted by Crippen LogP contribution is 2.35. The monoisotopic (exact) mass is 578 g/mol. The second kappa shape index (κ2) is 11.6. The number of nitrogens with zero attached hydrogens (tertiary/aromatic N) is 1. The maximum Gasteiger partial charge on any atom is 0.290 e. The molecule has 0 spiro atoms. The number of halogens is 2. The van der Waals surface area contributed by atoms with E-state index in [0.717, 1.165) is 17.3 Å². The molecule has 2 heterocycles. The molecule has 1 aromatic heterocycles. The Balaban J connectivity index is 1.29. The number of imide groups is 1. The minimum absolute atomic E-state index is 0.186. The molecule has 204 valence electrons. The van der Waals surface area contributed by atoms with Crippen LogP contribution >= 0.6 is 23.4 Å². The molecule has 0 atom stereocenters. The molecule has 0 saturated carbocycles. The molecule has 1 saturated heterocycles. The van der Waals surface area contributed by atoms with Crippen LogP contribution < -0.4 is 20.2 Å². The number of para-hydroxylation sites is 1. The van der Waals surface area contributed by atoms with E-state index in [-0.39, 0.29) is 30.2 Å². The standard InChI is InChI=1S/C30H24ClFN2O5S/c1-17(28-29(36)33-30(37)40-28)19-10-13-24(22(31)16-19)38-14-5-15-39-27-25(18-8-11-20(32)12-9-18)34(2)23-7-4-3-6-21(23)26(27)35/h3-4,6-13,16H,5,14-15H2,1-2H3,(H,33,36,37). The predicted molar refractivity (Wildman–Crippen MR) is 155 cm³/mol. The highest BCUT2D eigenvalue weighted by Gasteiger charge is 2.27. The van der Waals surface area contributed by atoms with Crippen LogP contribution in [0.3, 0.4) is 0 Å². The predicted octanol–water partition coefficient (Wildman–Crippen LogP) is 6.56. The molecule has 1 aliphatic rings. The fraction of sp³-hybridized carbons (Fsp3) is 0.167. The lowest BCUT2D eigenvalue weighted by Gasteiger charge is -2.18. The smallest absolute Gasteiger partial charge is 0.290 e. The van der Waals surface area contributed by atoms with E-state index < -0.39 is 11.1 Å². The van der Waals surface area contributed by atoms with Gasteiger partial charge in [-0.3, -0.25) is 19.7 Å². The Morgan fingerprint density at radius 2 is 1.73 bits per heavy atom. The van der Waals surface area contributed by atoms with E-state index in [0.29, 0.717) is 49.9 Å². The van der Waals surface area contributed by atoms with Crippen LogP contribution in [0.4, 0.5) is 9.18 Å². The first kappa shape index (κ1) is 27.5. The second-order valence-corrected chi connectivity index (χ2v) is 10.5. The Kier molecular flexibility index (Phi) is 7.95. The molecule has 0 unspecified atom stereocenters. The fourth-order valence-corrected chi connectivity index (χ4v) is 5.46. The number of pyridine rings is 1. The van der Waals surface area contributed by atoms with Gasteiger partial charge in [0.25, 0.3) is 11.1 Å². The summed E-state index contributed by atoms with van der Waals surface area (Å²) in [6.07, 6.45) is 0.457. The normalized spacial score (nSPS) is 14.4. The van der Waals surface area contributed by atoms with Gasteiger partial charge in [0, 0.05) is 24.4 Å². The van der Waals surface area contributed by atoms with Crippen molar-refractivity contribution < 1.29 is 23.5 Å². The Morgan fingerprint density at radius 3 is 2.42 bits per heavy atom. The third-order valence-electron chi connectivity index (χ3n) is 6.50. The number of nitrogens with one attached hydrogen (secondary N) is 1. The molecule has 1 fully saturated rings. The summed E-state index contributed by atoms with van der Waals surface area (Å²) in [5.74, 6) is -0.152. The number of thioether (sulfide) groups is 1. The van der Waals surface area contributed by atoms with Crippen molar-refractivity contribution in [1.29, 1.82) is 0 Å². The van der Waals surface area contributed by atoms with Gasteiger partial charge < -0.3 is 14.0 Å². The summed E-state index contributed by atoms with van der Waals surface area (Å²) >= 11 is 7.28. The first-order valence-electron chi connectivity index (χ1n) is 12.4. The van der Waals surface area contributed by atoms with E-state index >= 15 is 0 Å². The van der Waals surface area contributed by atoms with Crippen LogP contribution in [0.5, 0.6) is 11.5 Å². The summed E-state index contributed by atoms with van der Waals surface area (Å²) in [4.78, 5) is 37.2. The second-order valence-electron chi connectivity index (χ2n) is 9.08. The van der Waals surface area contributed by atoms with Gasteiger partial charge in [0.2, 0.25) is 5.43 Å². The van der Waals surface area contributed by atoms with E-state index in [1.807, 2.05) is 23.7 Å². The molecule has 10 heteroatoms. The molecule has 4 aromatic rings. The minimum Gasteiger partial charge on any atom is -0.492 e. The number of rotatable bonds is 8. The topological polar surface area (TPSA) is 86.6 Å². The quantitative estimate of drug-likeness (QED) is 0.188. The van der Waals surface area contributed by atoms with Crippen molar-refractivity contribution in [1.82, 2.24) is 9.88 Å². The van der Waals surface area contributed by atoms with Crippen LogP contribution in [0.15, 0.2) is 76.4 Å². The van der Waals surface area contributed by atoms with E-state index in [1.54, 1.807) is 49.4 Å². The van der Waals surface area contributed by atoms with Gasteiger partial charge in [0.1, 0.15) is 11.6 Å². The number of hydrogen-bond acceptors (Lipinski definition) is 6. The molecule has 40 heavy (non-hydrogen) atoms. The maximum atomic E-state index is 13.6.